The lowest BCUT2D eigenvalue weighted by molar-refractivity contribution is 0.338. The molecule has 1 heterocycles. The zero-order chi connectivity index (χ0) is 14.7. The molecule has 3 rings (SSSR count). The summed E-state index contributed by atoms with van der Waals surface area (Å²) in [5.41, 5.74) is 0.867. The number of nitrogens with zero attached hydrogens (tertiary/aromatic N) is 2. The summed E-state index contributed by atoms with van der Waals surface area (Å²) in [7, 11) is 0. The van der Waals surface area contributed by atoms with E-state index < -0.39 is 5.76 Å². The van der Waals surface area contributed by atoms with Crippen LogP contribution in [-0.4, -0.2) is 9.72 Å². The monoisotopic (exact) mass is 290 g/mol. The fourth-order valence-electron chi connectivity index (χ4n) is 3.02. The molecule has 1 saturated carbocycles. The molecule has 1 aliphatic carbocycles. The lowest BCUT2D eigenvalue weighted by atomic mass is 9.87. The lowest BCUT2D eigenvalue weighted by Gasteiger charge is -2.20. The van der Waals surface area contributed by atoms with E-state index in [0.29, 0.717) is 18.3 Å². The number of aromatic nitrogens is 2. The number of rotatable bonds is 4. The van der Waals surface area contributed by atoms with Gasteiger partial charge in [0.1, 0.15) is 5.82 Å². The molecule has 1 aliphatic rings. The second kappa shape index (κ2) is 6.24. The molecular formula is C16H19FN2O2. The Bertz CT molecular complexity index is 639. The van der Waals surface area contributed by atoms with Crippen molar-refractivity contribution in [1.82, 2.24) is 9.72 Å². The fourth-order valence-corrected chi connectivity index (χ4v) is 3.02. The van der Waals surface area contributed by atoms with Gasteiger partial charge in [-0.2, -0.15) is 0 Å². The van der Waals surface area contributed by atoms with Crippen LogP contribution in [0.5, 0.6) is 0 Å². The summed E-state index contributed by atoms with van der Waals surface area (Å²) in [4.78, 5) is 11.8. The number of hydrogen-bond donors (Lipinski definition) is 0. The summed E-state index contributed by atoms with van der Waals surface area (Å²) in [6.07, 6.45) is 6.98. The van der Waals surface area contributed by atoms with Gasteiger partial charge in [-0.25, -0.2) is 9.18 Å². The summed E-state index contributed by atoms with van der Waals surface area (Å²) in [5, 5.41) is 3.92. The Labute approximate surface area is 122 Å². The Morgan fingerprint density at radius 3 is 2.62 bits per heavy atom. The Balaban J connectivity index is 1.76. The minimum absolute atomic E-state index is 0.279. The summed E-state index contributed by atoms with van der Waals surface area (Å²) in [5.74, 6) is 0.572. The van der Waals surface area contributed by atoms with Gasteiger partial charge in [0.05, 0.1) is 6.54 Å². The predicted molar refractivity (Wildman–Crippen MR) is 76.5 cm³/mol. The van der Waals surface area contributed by atoms with Gasteiger partial charge >= 0.3 is 5.76 Å². The third kappa shape index (κ3) is 3.40. The van der Waals surface area contributed by atoms with E-state index >= 15 is 0 Å². The highest BCUT2D eigenvalue weighted by Gasteiger charge is 2.19. The van der Waals surface area contributed by atoms with Gasteiger partial charge in [-0.3, -0.25) is 9.09 Å². The molecule has 0 N–H and O–H groups in total. The molecule has 0 bridgehead atoms. The van der Waals surface area contributed by atoms with E-state index in [2.05, 4.69) is 5.16 Å². The molecule has 0 unspecified atom stereocenters. The zero-order valence-electron chi connectivity index (χ0n) is 11.9. The van der Waals surface area contributed by atoms with Crippen LogP contribution in [0.4, 0.5) is 4.39 Å². The molecule has 1 fully saturated rings. The zero-order valence-corrected chi connectivity index (χ0v) is 11.9. The van der Waals surface area contributed by atoms with Crippen LogP contribution in [0.25, 0.3) is 0 Å². The van der Waals surface area contributed by atoms with Gasteiger partial charge in [0, 0.05) is 6.42 Å². The van der Waals surface area contributed by atoms with Crippen molar-refractivity contribution in [3.8, 4) is 0 Å². The maximum Gasteiger partial charge on any atom is 0.441 e. The molecule has 0 saturated heterocycles. The third-order valence-electron chi connectivity index (χ3n) is 4.21. The maximum absolute atomic E-state index is 12.9. The topological polar surface area (TPSA) is 48.0 Å². The quantitative estimate of drug-likeness (QED) is 0.869. The first kappa shape index (κ1) is 14.0. The molecule has 5 heteroatoms. The SMILES string of the molecule is O=c1onc(CC2CCCCC2)n1Cc1ccc(F)cc1. The van der Waals surface area contributed by atoms with Crippen LogP contribution in [-0.2, 0) is 13.0 Å². The van der Waals surface area contributed by atoms with E-state index in [1.807, 2.05) is 0 Å². The van der Waals surface area contributed by atoms with E-state index in [-0.39, 0.29) is 5.82 Å². The van der Waals surface area contributed by atoms with Gasteiger partial charge in [-0.15, -0.1) is 0 Å². The number of hydrogen-bond acceptors (Lipinski definition) is 3. The molecule has 0 radical (unpaired) electrons. The fraction of sp³-hybridized carbons (Fsp3) is 0.500. The highest BCUT2D eigenvalue weighted by atomic mass is 19.1. The number of halogens is 1. The molecule has 4 nitrogen and oxygen atoms in total. The van der Waals surface area contributed by atoms with E-state index in [1.165, 1.54) is 44.2 Å². The maximum atomic E-state index is 12.9. The van der Waals surface area contributed by atoms with Gasteiger partial charge in [-0.1, -0.05) is 49.4 Å². The first-order chi connectivity index (χ1) is 10.2. The molecule has 0 amide bonds. The van der Waals surface area contributed by atoms with Crippen LogP contribution < -0.4 is 5.76 Å². The van der Waals surface area contributed by atoms with E-state index in [0.717, 1.165) is 12.0 Å². The van der Waals surface area contributed by atoms with Crippen molar-refractivity contribution < 1.29 is 8.91 Å². The standard InChI is InChI=1S/C16H19FN2O2/c17-14-8-6-13(7-9-14)11-19-15(18-21-16(19)20)10-12-4-2-1-3-5-12/h6-9,12H,1-5,10-11H2. The minimum Gasteiger partial charge on any atom is -0.296 e. The van der Waals surface area contributed by atoms with Crippen LogP contribution in [0.15, 0.2) is 33.6 Å². The third-order valence-corrected chi connectivity index (χ3v) is 4.21. The van der Waals surface area contributed by atoms with Crippen molar-refractivity contribution in [2.45, 2.75) is 45.1 Å². The highest BCUT2D eigenvalue weighted by Crippen LogP contribution is 2.26. The molecule has 0 spiro atoms. The molecule has 1 aromatic carbocycles. The first-order valence-electron chi connectivity index (χ1n) is 7.52. The van der Waals surface area contributed by atoms with Crippen LogP contribution in [0.2, 0.25) is 0 Å². The minimum atomic E-state index is -0.440. The second-order valence-corrected chi connectivity index (χ2v) is 5.79. The van der Waals surface area contributed by atoms with Crippen molar-refractivity contribution in [2.75, 3.05) is 0 Å². The van der Waals surface area contributed by atoms with Crippen LogP contribution >= 0.6 is 0 Å². The Kier molecular flexibility index (Phi) is 4.18. The van der Waals surface area contributed by atoms with E-state index in [4.69, 9.17) is 4.52 Å². The van der Waals surface area contributed by atoms with Crippen LogP contribution in [0.1, 0.15) is 43.5 Å². The second-order valence-electron chi connectivity index (χ2n) is 5.79. The summed E-state index contributed by atoms with van der Waals surface area (Å²) < 4.78 is 19.3. The van der Waals surface area contributed by atoms with Gasteiger partial charge in [-0.05, 0) is 23.6 Å². The van der Waals surface area contributed by atoms with Crippen molar-refractivity contribution in [3.05, 3.63) is 52.0 Å². The lowest BCUT2D eigenvalue weighted by Crippen LogP contribution is -2.20. The molecular weight excluding hydrogens is 271 g/mol. The summed E-state index contributed by atoms with van der Waals surface area (Å²) >= 11 is 0. The molecule has 2 aromatic rings. The summed E-state index contributed by atoms with van der Waals surface area (Å²) in [6, 6.07) is 6.15. The average Bonchev–Trinajstić information content (AvgIpc) is 2.84. The Morgan fingerprint density at radius 1 is 1.19 bits per heavy atom. The first-order valence-corrected chi connectivity index (χ1v) is 7.52. The molecule has 112 valence electrons. The normalized spacial score (nSPS) is 16.2. The smallest absolute Gasteiger partial charge is 0.296 e. The largest absolute Gasteiger partial charge is 0.441 e. The predicted octanol–water partition coefficient (Wildman–Crippen LogP) is 3.15. The van der Waals surface area contributed by atoms with Gasteiger partial charge < -0.3 is 0 Å². The van der Waals surface area contributed by atoms with Gasteiger partial charge in [0.15, 0.2) is 5.82 Å². The van der Waals surface area contributed by atoms with E-state index in [1.54, 1.807) is 16.7 Å². The van der Waals surface area contributed by atoms with Crippen LogP contribution in [0, 0.1) is 11.7 Å². The van der Waals surface area contributed by atoms with Crippen LogP contribution in [0.3, 0.4) is 0 Å². The van der Waals surface area contributed by atoms with Crippen molar-refractivity contribution in [2.24, 2.45) is 5.92 Å². The Hall–Kier alpha value is -1.91. The molecule has 0 aliphatic heterocycles. The van der Waals surface area contributed by atoms with Crippen molar-refractivity contribution >= 4 is 0 Å². The molecule has 1 aromatic heterocycles. The molecule has 21 heavy (non-hydrogen) atoms. The van der Waals surface area contributed by atoms with E-state index in [9.17, 15) is 9.18 Å². The van der Waals surface area contributed by atoms with Crippen molar-refractivity contribution in [3.63, 3.8) is 0 Å². The van der Waals surface area contributed by atoms with Gasteiger partial charge in [0.25, 0.3) is 0 Å². The average molecular weight is 290 g/mol. The summed E-state index contributed by atoms with van der Waals surface area (Å²) in [6.45, 7) is 0.380. The number of benzene rings is 1. The van der Waals surface area contributed by atoms with Gasteiger partial charge in [0.2, 0.25) is 0 Å². The molecule has 0 atom stereocenters. The van der Waals surface area contributed by atoms with Crippen molar-refractivity contribution in [1.29, 1.82) is 0 Å². The Morgan fingerprint density at radius 2 is 1.90 bits per heavy atom. The highest BCUT2D eigenvalue weighted by molar-refractivity contribution is 5.16.